The summed E-state index contributed by atoms with van der Waals surface area (Å²) in [6.07, 6.45) is 3.62. The van der Waals surface area contributed by atoms with E-state index in [2.05, 4.69) is 27.8 Å². The van der Waals surface area contributed by atoms with Gasteiger partial charge in [0.2, 0.25) is 0 Å². The van der Waals surface area contributed by atoms with Crippen LogP contribution in [0.1, 0.15) is 5.56 Å². The molecule has 0 fully saturated rings. The van der Waals surface area contributed by atoms with Crippen LogP contribution < -0.4 is 10.6 Å². The average molecular weight is 303 g/mol. The van der Waals surface area contributed by atoms with Gasteiger partial charge in [0.05, 0.1) is 0 Å². The predicted molar refractivity (Wildman–Crippen MR) is 94.8 cm³/mol. The van der Waals surface area contributed by atoms with Crippen LogP contribution in [0.15, 0.2) is 65.3 Å². The molecule has 114 valence electrons. The molecule has 4 nitrogen and oxygen atoms in total. The zero-order chi connectivity index (χ0) is 15.6. The molecule has 0 saturated heterocycles. The molecule has 2 aromatic carbocycles. The molecule has 4 rings (SSSR count). The fourth-order valence-corrected chi connectivity index (χ4v) is 2.75. The zero-order valence-electron chi connectivity index (χ0n) is 12.8. The lowest BCUT2D eigenvalue weighted by molar-refractivity contribution is 0.669. The van der Waals surface area contributed by atoms with Gasteiger partial charge < -0.3 is 15.1 Å². The summed E-state index contributed by atoms with van der Waals surface area (Å²) in [7, 11) is 1.92. The minimum absolute atomic E-state index is 0.769. The molecule has 0 aliphatic carbocycles. The molecule has 2 heterocycles. The Morgan fingerprint density at radius 1 is 0.870 bits per heavy atom. The quantitative estimate of drug-likeness (QED) is 0.577. The molecule has 0 saturated carbocycles. The molecular weight excluding hydrogens is 286 g/mol. The second-order valence-electron chi connectivity index (χ2n) is 5.48. The van der Waals surface area contributed by atoms with Crippen molar-refractivity contribution in [2.45, 2.75) is 6.54 Å². The Kier molecular flexibility index (Phi) is 3.35. The summed E-state index contributed by atoms with van der Waals surface area (Å²) in [6.45, 7) is 0.769. The lowest BCUT2D eigenvalue weighted by atomic mass is 10.1. The summed E-state index contributed by atoms with van der Waals surface area (Å²) in [4.78, 5) is 4.04. The summed E-state index contributed by atoms with van der Waals surface area (Å²) in [5, 5.41) is 8.87. The second kappa shape index (κ2) is 5.65. The van der Waals surface area contributed by atoms with Gasteiger partial charge in [-0.1, -0.05) is 0 Å². The molecule has 23 heavy (non-hydrogen) atoms. The Hall–Kier alpha value is -3.01. The van der Waals surface area contributed by atoms with E-state index in [-0.39, 0.29) is 0 Å². The van der Waals surface area contributed by atoms with Gasteiger partial charge >= 0.3 is 0 Å². The maximum atomic E-state index is 5.91. The van der Waals surface area contributed by atoms with Crippen molar-refractivity contribution in [3.63, 3.8) is 0 Å². The summed E-state index contributed by atoms with van der Waals surface area (Å²) >= 11 is 0. The smallest absolute Gasteiger partial charge is 0.135 e. The summed E-state index contributed by atoms with van der Waals surface area (Å²) in [5.41, 5.74) is 5.17. The third kappa shape index (κ3) is 2.59. The van der Waals surface area contributed by atoms with Crippen LogP contribution >= 0.6 is 0 Å². The second-order valence-corrected chi connectivity index (χ2v) is 5.48. The lowest BCUT2D eigenvalue weighted by Gasteiger charge is -2.06. The van der Waals surface area contributed by atoms with Crippen LogP contribution in [-0.4, -0.2) is 12.0 Å². The van der Waals surface area contributed by atoms with Crippen molar-refractivity contribution in [1.82, 2.24) is 4.98 Å². The van der Waals surface area contributed by atoms with Crippen molar-refractivity contribution in [2.24, 2.45) is 0 Å². The highest BCUT2D eigenvalue weighted by Gasteiger charge is 2.08. The van der Waals surface area contributed by atoms with E-state index >= 15 is 0 Å². The molecule has 2 aromatic heterocycles. The van der Waals surface area contributed by atoms with Crippen LogP contribution in [-0.2, 0) is 6.54 Å². The van der Waals surface area contributed by atoms with Crippen LogP contribution in [0.5, 0.6) is 0 Å². The van der Waals surface area contributed by atoms with Crippen LogP contribution in [0.2, 0.25) is 0 Å². The molecule has 0 radical (unpaired) electrons. The number of rotatable bonds is 4. The maximum absolute atomic E-state index is 5.91. The van der Waals surface area contributed by atoms with Crippen LogP contribution in [0.4, 0.5) is 11.4 Å². The monoisotopic (exact) mass is 303 g/mol. The van der Waals surface area contributed by atoms with Gasteiger partial charge in [-0.25, -0.2) is 0 Å². The van der Waals surface area contributed by atoms with Crippen molar-refractivity contribution >= 4 is 33.3 Å². The van der Waals surface area contributed by atoms with E-state index in [0.717, 1.165) is 39.9 Å². The van der Waals surface area contributed by atoms with Crippen molar-refractivity contribution in [2.75, 3.05) is 17.7 Å². The number of hydrogen-bond donors (Lipinski definition) is 2. The SMILES string of the molecule is CNc1ccc2oc3ccc(NCc4ccncc4)cc3c2c1. The Morgan fingerprint density at radius 2 is 1.52 bits per heavy atom. The largest absolute Gasteiger partial charge is 0.456 e. The van der Waals surface area contributed by atoms with Crippen LogP contribution in [0, 0.1) is 0 Å². The Bertz CT molecular complexity index is 960. The van der Waals surface area contributed by atoms with Gasteiger partial charge in [-0.2, -0.15) is 0 Å². The molecule has 0 bridgehead atoms. The van der Waals surface area contributed by atoms with Crippen molar-refractivity contribution in [3.8, 4) is 0 Å². The average Bonchev–Trinajstić information content (AvgIpc) is 2.98. The van der Waals surface area contributed by atoms with E-state index in [9.17, 15) is 0 Å². The number of pyridine rings is 1. The van der Waals surface area contributed by atoms with Gasteiger partial charge in [0.25, 0.3) is 0 Å². The molecular formula is C19H17N3O. The number of furan rings is 1. The third-order valence-electron chi connectivity index (χ3n) is 4.00. The van der Waals surface area contributed by atoms with Gasteiger partial charge in [0, 0.05) is 48.1 Å². The Labute approximate surface area is 134 Å². The Morgan fingerprint density at radius 3 is 2.22 bits per heavy atom. The van der Waals surface area contributed by atoms with Gasteiger partial charge in [0.1, 0.15) is 11.2 Å². The van der Waals surface area contributed by atoms with E-state index in [4.69, 9.17) is 4.42 Å². The highest BCUT2D eigenvalue weighted by Crippen LogP contribution is 2.32. The van der Waals surface area contributed by atoms with E-state index in [1.165, 1.54) is 5.56 Å². The molecule has 0 unspecified atom stereocenters. The first-order valence-electron chi connectivity index (χ1n) is 7.60. The molecule has 4 aromatic rings. The lowest BCUT2D eigenvalue weighted by Crippen LogP contribution is -1.98. The van der Waals surface area contributed by atoms with E-state index in [1.807, 2.05) is 55.8 Å². The number of aromatic nitrogens is 1. The number of fused-ring (bicyclic) bond motifs is 3. The highest BCUT2D eigenvalue weighted by atomic mass is 16.3. The molecule has 0 spiro atoms. The standard InChI is InChI=1S/C19H17N3O/c1-20-14-2-4-18-16(10-14)17-11-15(3-5-19(17)23-18)22-12-13-6-8-21-9-7-13/h2-11,20,22H,12H2,1H3. The van der Waals surface area contributed by atoms with Crippen LogP contribution in [0.25, 0.3) is 21.9 Å². The summed E-state index contributed by atoms with van der Waals surface area (Å²) in [5.74, 6) is 0. The molecule has 2 N–H and O–H groups in total. The molecule has 0 aliphatic rings. The number of benzene rings is 2. The van der Waals surface area contributed by atoms with Gasteiger partial charge in [-0.3, -0.25) is 4.98 Å². The van der Waals surface area contributed by atoms with Gasteiger partial charge in [0.15, 0.2) is 0 Å². The highest BCUT2D eigenvalue weighted by molar-refractivity contribution is 6.07. The van der Waals surface area contributed by atoms with Crippen molar-refractivity contribution in [3.05, 3.63) is 66.5 Å². The first kappa shape index (κ1) is 13.6. The van der Waals surface area contributed by atoms with Crippen molar-refractivity contribution < 1.29 is 4.42 Å². The number of hydrogen-bond acceptors (Lipinski definition) is 4. The van der Waals surface area contributed by atoms with Crippen LogP contribution in [0.3, 0.4) is 0 Å². The predicted octanol–water partition coefficient (Wildman–Crippen LogP) is 4.63. The number of anilines is 2. The normalized spacial score (nSPS) is 11.0. The summed E-state index contributed by atoms with van der Waals surface area (Å²) in [6, 6.07) is 16.4. The van der Waals surface area contributed by atoms with Gasteiger partial charge in [-0.15, -0.1) is 0 Å². The molecule has 0 aliphatic heterocycles. The molecule has 4 heteroatoms. The number of nitrogens with one attached hydrogen (secondary N) is 2. The van der Waals surface area contributed by atoms with E-state index in [0.29, 0.717) is 0 Å². The minimum atomic E-state index is 0.769. The zero-order valence-corrected chi connectivity index (χ0v) is 12.8. The van der Waals surface area contributed by atoms with E-state index < -0.39 is 0 Å². The topological polar surface area (TPSA) is 50.1 Å². The number of nitrogens with zero attached hydrogens (tertiary/aromatic N) is 1. The Balaban J connectivity index is 1.70. The van der Waals surface area contributed by atoms with Gasteiger partial charge in [-0.05, 0) is 54.1 Å². The molecule has 0 atom stereocenters. The summed E-state index contributed by atoms with van der Waals surface area (Å²) < 4.78 is 5.91. The molecule has 0 amide bonds. The minimum Gasteiger partial charge on any atom is -0.456 e. The fourth-order valence-electron chi connectivity index (χ4n) is 2.75. The van der Waals surface area contributed by atoms with E-state index in [1.54, 1.807) is 0 Å². The first-order chi connectivity index (χ1) is 11.3. The third-order valence-corrected chi connectivity index (χ3v) is 4.00. The fraction of sp³-hybridized carbons (Fsp3) is 0.105. The van der Waals surface area contributed by atoms with Crippen molar-refractivity contribution in [1.29, 1.82) is 0 Å². The first-order valence-corrected chi connectivity index (χ1v) is 7.60. The maximum Gasteiger partial charge on any atom is 0.135 e.